The van der Waals surface area contributed by atoms with Crippen molar-refractivity contribution in [2.75, 3.05) is 0 Å². The molecule has 2 rings (SSSR count). The largest absolute Gasteiger partial charge is 0.487 e. The standard InChI is InChI=1S/C16H19BrN2O/c1-11-4-3-7-19-15(11)10-20-16-6-5-14(17)9-13(16)8-12(2)18/h3-7,9,12H,8,10,18H2,1-2H3. The molecular formula is C16H19BrN2O. The van der Waals surface area contributed by atoms with Gasteiger partial charge < -0.3 is 10.5 Å². The van der Waals surface area contributed by atoms with Crippen LogP contribution in [0.15, 0.2) is 41.0 Å². The lowest BCUT2D eigenvalue weighted by molar-refractivity contribution is 0.296. The van der Waals surface area contributed by atoms with Crippen LogP contribution in [0.1, 0.15) is 23.7 Å². The number of nitrogens with two attached hydrogens (primary N) is 1. The molecule has 1 aromatic carbocycles. The molecule has 20 heavy (non-hydrogen) atoms. The van der Waals surface area contributed by atoms with Crippen LogP contribution in [0.25, 0.3) is 0 Å². The zero-order valence-corrected chi connectivity index (χ0v) is 13.4. The number of rotatable bonds is 5. The van der Waals surface area contributed by atoms with E-state index in [0.29, 0.717) is 6.61 Å². The van der Waals surface area contributed by atoms with Gasteiger partial charge in [-0.15, -0.1) is 0 Å². The van der Waals surface area contributed by atoms with E-state index in [1.807, 2.05) is 38.1 Å². The number of pyridine rings is 1. The van der Waals surface area contributed by atoms with Crippen molar-refractivity contribution in [2.24, 2.45) is 5.73 Å². The van der Waals surface area contributed by atoms with Crippen molar-refractivity contribution in [2.45, 2.75) is 32.9 Å². The molecule has 1 heterocycles. The second kappa shape index (κ2) is 6.86. The van der Waals surface area contributed by atoms with Crippen molar-refractivity contribution in [3.8, 4) is 5.75 Å². The highest BCUT2D eigenvalue weighted by molar-refractivity contribution is 9.10. The van der Waals surface area contributed by atoms with E-state index in [4.69, 9.17) is 10.5 Å². The van der Waals surface area contributed by atoms with Gasteiger partial charge in [-0.3, -0.25) is 4.98 Å². The van der Waals surface area contributed by atoms with E-state index in [9.17, 15) is 0 Å². The van der Waals surface area contributed by atoms with Gasteiger partial charge in [0.05, 0.1) is 5.69 Å². The molecule has 0 aliphatic heterocycles. The maximum absolute atomic E-state index is 5.92. The molecule has 2 aromatic rings. The minimum atomic E-state index is 0.100. The van der Waals surface area contributed by atoms with Gasteiger partial charge in [0.25, 0.3) is 0 Å². The van der Waals surface area contributed by atoms with Gasteiger partial charge in [-0.25, -0.2) is 0 Å². The van der Waals surface area contributed by atoms with E-state index in [2.05, 4.69) is 27.0 Å². The number of nitrogens with zero attached hydrogens (tertiary/aromatic N) is 1. The van der Waals surface area contributed by atoms with Crippen LogP contribution in [-0.4, -0.2) is 11.0 Å². The Labute approximate surface area is 128 Å². The Morgan fingerprint density at radius 1 is 1.35 bits per heavy atom. The van der Waals surface area contributed by atoms with Crippen LogP contribution in [0.2, 0.25) is 0 Å². The molecule has 0 spiro atoms. The van der Waals surface area contributed by atoms with E-state index in [0.717, 1.165) is 33.5 Å². The second-order valence-corrected chi connectivity index (χ2v) is 5.90. The molecule has 1 atom stereocenters. The smallest absolute Gasteiger partial charge is 0.130 e. The van der Waals surface area contributed by atoms with Crippen LogP contribution in [0.5, 0.6) is 5.75 Å². The van der Waals surface area contributed by atoms with Crippen molar-refractivity contribution < 1.29 is 4.74 Å². The first-order chi connectivity index (χ1) is 9.56. The summed E-state index contributed by atoms with van der Waals surface area (Å²) in [5.74, 6) is 0.871. The van der Waals surface area contributed by atoms with Gasteiger partial charge in [0.2, 0.25) is 0 Å². The third-order valence-electron chi connectivity index (χ3n) is 3.05. The summed E-state index contributed by atoms with van der Waals surface area (Å²) in [5, 5.41) is 0. The Bertz CT molecular complexity index is 584. The minimum absolute atomic E-state index is 0.100. The van der Waals surface area contributed by atoms with Gasteiger partial charge in [-0.1, -0.05) is 22.0 Å². The maximum atomic E-state index is 5.92. The molecule has 0 aliphatic carbocycles. The van der Waals surface area contributed by atoms with E-state index in [-0.39, 0.29) is 6.04 Å². The Hall–Kier alpha value is -1.39. The van der Waals surface area contributed by atoms with Crippen molar-refractivity contribution in [1.82, 2.24) is 4.98 Å². The molecule has 0 amide bonds. The fourth-order valence-corrected chi connectivity index (χ4v) is 2.42. The van der Waals surface area contributed by atoms with E-state index >= 15 is 0 Å². The monoisotopic (exact) mass is 334 g/mol. The topological polar surface area (TPSA) is 48.1 Å². The van der Waals surface area contributed by atoms with Crippen molar-refractivity contribution in [3.05, 3.63) is 57.8 Å². The van der Waals surface area contributed by atoms with Gasteiger partial charge in [0.1, 0.15) is 12.4 Å². The summed E-state index contributed by atoms with van der Waals surface area (Å²) in [6, 6.07) is 10.1. The highest BCUT2D eigenvalue weighted by Crippen LogP contribution is 2.25. The predicted octanol–water partition coefficient (Wildman–Crippen LogP) is 3.62. The van der Waals surface area contributed by atoms with Crippen molar-refractivity contribution in [3.63, 3.8) is 0 Å². The minimum Gasteiger partial charge on any atom is -0.487 e. The number of aromatic nitrogens is 1. The molecule has 0 aliphatic rings. The zero-order valence-electron chi connectivity index (χ0n) is 11.8. The fraction of sp³-hybridized carbons (Fsp3) is 0.312. The lowest BCUT2D eigenvalue weighted by Crippen LogP contribution is -2.18. The number of hydrogen-bond acceptors (Lipinski definition) is 3. The maximum Gasteiger partial charge on any atom is 0.130 e. The summed E-state index contributed by atoms with van der Waals surface area (Å²) in [7, 11) is 0. The predicted molar refractivity (Wildman–Crippen MR) is 84.8 cm³/mol. The van der Waals surface area contributed by atoms with Crippen molar-refractivity contribution in [1.29, 1.82) is 0 Å². The molecule has 1 unspecified atom stereocenters. The Morgan fingerprint density at radius 2 is 2.15 bits per heavy atom. The summed E-state index contributed by atoms with van der Waals surface area (Å²) < 4.78 is 6.96. The van der Waals surface area contributed by atoms with Gasteiger partial charge >= 0.3 is 0 Å². The molecule has 0 fully saturated rings. The van der Waals surface area contributed by atoms with Crippen LogP contribution in [0, 0.1) is 6.92 Å². The molecule has 106 valence electrons. The first-order valence-electron chi connectivity index (χ1n) is 6.63. The normalized spacial score (nSPS) is 12.2. The molecule has 0 saturated carbocycles. The van der Waals surface area contributed by atoms with Crippen LogP contribution >= 0.6 is 15.9 Å². The van der Waals surface area contributed by atoms with E-state index in [1.54, 1.807) is 6.20 Å². The van der Waals surface area contributed by atoms with Crippen LogP contribution in [-0.2, 0) is 13.0 Å². The molecule has 0 radical (unpaired) electrons. The van der Waals surface area contributed by atoms with Gasteiger partial charge in [0, 0.05) is 16.7 Å². The lowest BCUT2D eigenvalue weighted by atomic mass is 10.1. The summed E-state index contributed by atoms with van der Waals surface area (Å²) in [4.78, 5) is 4.34. The molecular weight excluding hydrogens is 316 g/mol. The van der Waals surface area contributed by atoms with Crippen LogP contribution in [0.3, 0.4) is 0 Å². The molecule has 0 saturated heterocycles. The van der Waals surface area contributed by atoms with E-state index < -0.39 is 0 Å². The number of ether oxygens (including phenoxy) is 1. The second-order valence-electron chi connectivity index (χ2n) is 4.99. The Balaban J connectivity index is 2.15. The highest BCUT2D eigenvalue weighted by Gasteiger charge is 2.08. The Morgan fingerprint density at radius 3 is 2.85 bits per heavy atom. The average molecular weight is 335 g/mol. The first kappa shape index (κ1) is 15.0. The Kier molecular flexibility index (Phi) is 5.15. The summed E-state index contributed by atoms with van der Waals surface area (Å²) in [5.41, 5.74) is 9.10. The fourth-order valence-electron chi connectivity index (χ4n) is 2.01. The van der Waals surface area contributed by atoms with Gasteiger partial charge in [-0.05, 0) is 55.7 Å². The number of aryl methyl sites for hydroxylation is 1. The SMILES string of the molecule is Cc1cccnc1COc1ccc(Br)cc1CC(C)N. The number of halogens is 1. The summed E-state index contributed by atoms with van der Waals surface area (Å²) >= 11 is 3.49. The summed E-state index contributed by atoms with van der Waals surface area (Å²) in [6.07, 6.45) is 2.58. The summed E-state index contributed by atoms with van der Waals surface area (Å²) in [6.45, 7) is 4.50. The molecule has 2 N–H and O–H groups in total. The lowest BCUT2D eigenvalue weighted by Gasteiger charge is -2.14. The first-order valence-corrected chi connectivity index (χ1v) is 7.43. The molecule has 3 nitrogen and oxygen atoms in total. The molecule has 1 aromatic heterocycles. The quantitative estimate of drug-likeness (QED) is 0.908. The van der Waals surface area contributed by atoms with Crippen LogP contribution in [0.4, 0.5) is 0 Å². The van der Waals surface area contributed by atoms with E-state index in [1.165, 1.54) is 0 Å². The molecule has 4 heteroatoms. The highest BCUT2D eigenvalue weighted by atomic mass is 79.9. The zero-order chi connectivity index (χ0) is 14.5. The third kappa shape index (κ3) is 4.05. The average Bonchev–Trinajstić information content (AvgIpc) is 2.39. The van der Waals surface area contributed by atoms with Crippen LogP contribution < -0.4 is 10.5 Å². The number of hydrogen-bond donors (Lipinski definition) is 1. The number of benzene rings is 1. The molecule has 0 bridgehead atoms. The third-order valence-corrected chi connectivity index (χ3v) is 3.54. The van der Waals surface area contributed by atoms with Crippen molar-refractivity contribution >= 4 is 15.9 Å². The van der Waals surface area contributed by atoms with Gasteiger partial charge in [0.15, 0.2) is 0 Å². The van der Waals surface area contributed by atoms with Gasteiger partial charge in [-0.2, -0.15) is 0 Å².